The van der Waals surface area contributed by atoms with E-state index in [1.165, 1.54) is 24.3 Å². The molecule has 1 N–H and O–H groups in total. The zero-order chi connectivity index (χ0) is 20.6. The van der Waals surface area contributed by atoms with E-state index in [1.807, 2.05) is 0 Å². The zero-order valence-corrected chi connectivity index (χ0v) is 16.7. The fraction of sp³-hybridized carbons (Fsp3) is 0.136. The van der Waals surface area contributed by atoms with Gasteiger partial charge in [0.05, 0.1) is 22.7 Å². The first-order valence-corrected chi connectivity index (χ1v) is 10.7. The molecular formula is C22H16ClFN2O2S. The molecule has 4 rings (SSSR count). The molecule has 7 heteroatoms. The van der Waals surface area contributed by atoms with Crippen LogP contribution >= 0.6 is 11.6 Å². The Morgan fingerprint density at radius 1 is 1.07 bits per heavy atom. The van der Waals surface area contributed by atoms with Crippen LogP contribution in [0, 0.1) is 17.1 Å². The molecule has 0 fully saturated rings. The van der Waals surface area contributed by atoms with Crippen LogP contribution in [-0.2, 0) is 16.3 Å². The number of para-hydroxylation sites is 1. The van der Waals surface area contributed by atoms with Gasteiger partial charge in [-0.05, 0) is 47.5 Å². The number of fused-ring (bicyclic) bond motifs is 1. The third-order valence-corrected chi connectivity index (χ3v) is 7.79. The third-order valence-electron chi connectivity index (χ3n) is 5.17. The Labute approximate surface area is 173 Å². The van der Waals surface area contributed by atoms with Crippen molar-refractivity contribution in [1.29, 1.82) is 5.26 Å². The molecule has 3 aromatic rings. The van der Waals surface area contributed by atoms with Crippen LogP contribution in [0.3, 0.4) is 0 Å². The summed E-state index contributed by atoms with van der Waals surface area (Å²) in [7, 11) is -4.09. The van der Waals surface area contributed by atoms with Crippen molar-refractivity contribution in [2.24, 2.45) is 0 Å². The van der Waals surface area contributed by atoms with Gasteiger partial charge in [0, 0.05) is 11.4 Å². The Hall–Kier alpha value is -2.88. The average molecular weight is 427 g/mol. The van der Waals surface area contributed by atoms with Gasteiger partial charge in [-0.3, -0.25) is 0 Å². The van der Waals surface area contributed by atoms with Crippen LogP contribution in [0.4, 0.5) is 10.1 Å². The number of halogens is 2. The first kappa shape index (κ1) is 19.4. The van der Waals surface area contributed by atoms with Crippen LogP contribution in [0.2, 0.25) is 5.02 Å². The molecule has 2 atom stereocenters. The Morgan fingerprint density at radius 2 is 1.79 bits per heavy atom. The standard InChI is InChI=1S/C22H16ClFN2O2S/c23-17-10-8-16(9-11-17)21-22(14-25,13-15-4-3-5-18(24)12-15)29(27,28)20-7-2-1-6-19(20)26-21/h1-12,21,26H,13H2. The summed E-state index contributed by atoms with van der Waals surface area (Å²) in [5.41, 5.74) is 1.46. The van der Waals surface area contributed by atoms with E-state index in [0.29, 0.717) is 21.8 Å². The lowest BCUT2D eigenvalue weighted by Gasteiger charge is -2.40. The highest BCUT2D eigenvalue weighted by molar-refractivity contribution is 7.93. The number of hydrogen-bond acceptors (Lipinski definition) is 4. The molecule has 3 aromatic carbocycles. The number of benzene rings is 3. The maximum absolute atomic E-state index is 13.8. The highest BCUT2D eigenvalue weighted by atomic mass is 35.5. The average Bonchev–Trinajstić information content (AvgIpc) is 2.71. The fourth-order valence-corrected chi connectivity index (χ4v) is 5.94. The molecule has 29 heavy (non-hydrogen) atoms. The summed E-state index contributed by atoms with van der Waals surface area (Å²) < 4.78 is 39.3. The molecule has 0 aromatic heterocycles. The molecule has 0 bridgehead atoms. The van der Waals surface area contributed by atoms with E-state index in [4.69, 9.17) is 11.6 Å². The molecule has 146 valence electrons. The fourth-order valence-electron chi connectivity index (χ4n) is 3.76. The molecule has 0 saturated carbocycles. The lowest BCUT2D eigenvalue weighted by Crippen LogP contribution is -2.51. The molecule has 0 radical (unpaired) electrons. The zero-order valence-electron chi connectivity index (χ0n) is 15.1. The second-order valence-corrected chi connectivity index (χ2v) is 9.55. The molecule has 2 unspecified atom stereocenters. The number of nitrogens with one attached hydrogen (secondary N) is 1. The summed E-state index contributed by atoms with van der Waals surface area (Å²) in [6.45, 7) is 0. The summed E-state index contributed by atoms with van der Waals surface area (Å²) >= 11 is 5.99. The van der Waals surface area contributed by atoms with Crippen molar-refractivity contribution in [3.8, 4) is 6.07 Å². The smallest absolute Gasteiger partial charge is 0.202 e. The van der Waals surface area contributed by atoms with E-state index in [0.717, 1.165) is 0 Å². The first-order chi connectivity index (χ1) is 13.9. The Kier molecular flexibility index (Phi) is 4.81. The molecule has 1 aliphatic rings. The molecule has 0 saturated heterocycles. The maximum atomic E-state index is 13.8. The summed E-state index contributed by atoms with van der Waals surface area (Å²) in [5, 5.41) is 14.0. The van der Waals surface area contributed by atoms with Crippen molar-refractivity contribution in [3.63, 3.8) is 0 Å². The number of anilines is 1. The lowest BCUT2D eigenvalue weighted by atomic mass is 9.87. The molecule has 0 amide bonds. The van der Waals surface area contributed by atoms with E-state index in [-0.39, 0.29) is 11.3 Å². The molecule has 0 spiro atoms. The Balaban J connectivity index is 1.96. The van der Waals surface area contributed by atoms with Gasteiger partial charge in [0.25, 0.3) is 0 Å². The third kappa shape index (κ3) is 3.17. The van der Waals surface area contributed by atoms with Gasteiger partial charge in [0.15, 0.2) is 4.75 Å². The van der Waals surface area contributed by atoms with Crippen LogP contribution in [0.25, 0.3) is 0 Å². The second kappa shape index (κ2) is 7.18. The van der Waals surface area contributed by atoms with E-state index in [2.05, 4.69) is 11.4 Å². The maximum Gasteiger partial charge on any atom is 0.202 e. The quantitative estimate of drug-likeness (QED) is 0.645. The van der Waals surface area contributed by atoms with Crippen LogP contribution in [0.1, 0.15) is 17.2 Å². The van der Waals surface area contributed by atoms with Crippen LogP contribution in [0.5, 0.6) is 0 Å². The Bertz CT molecular complexity index is 1220. The minimum absolute atomic E-state index is 0.0585. The summed E-state index contributed by atoms with van der Waals surface area (Å²) in [6, 6.07) is 20.0. The van der Waals surface area contributed by atoms with Gasteiger partial charge in [-0.25, -0.2) is 12.8 Å². The molecule has 1 heterocycles. The minimum Gasteiger partial charge on any atom is -0.374 e. The van der Waals surface area contributed by atoms with Crippen molar-refractivity contribution >= 4 is 27.1 Å². The number of sulfone groups is 1. The number of hydrogen-bond donors (Lipinski definition) is 1. The molecular weight excluding hydrogens is 411 g/mol. The molecule has 4 nitrogen and oxygen atoms in total. The summed E-state index contributed by atoms with van der Waals surface area (Å²) in [6.07, 6.45) is -0.168. The van der Waals surface area contributed by atoms with E-state index < -0.39 is 26.4 Å². The van der Waals surface area contributed by atoms with Gasteiger partial charge in [0.2, 0.25) is 9.84 Å². The van der Waals surface area contributed by atoms with Crippen molar-refractivity contribution in [2.45, 2.75) is 22.1 Å². The van der Waals surface area contributed by atoms with Crippen molar-refractivity contribution in [3.05, 3.63) is 94.8 Å². The monoisotopic (exact) mass is 426 g/mol. The van der Waals surface area contributed by atoms with Gasteiger partial charge < -0.3 is 5.32 Å². The topological polar surface area (TPSA) is 70.0 Å². The lowest BCUT2D eigenvalue weighted by molar-refractivity contribution is 0.508. The van der Waals surface area contributed by atoms with Gasteiger partial charge in [-0.15, -0.1) is 0 Å². The van der Waals surface area contributed by atoms with Crippen molar-refractivity contribution < 1.29 is 12.8 Å². The summed E-state index contributed by atoms with van der Waals surface area (Å²) in [5.74, 6) is -0.486. The van der Waals surface area contributed by atoms with Gasteiger partial charge in [-0.2, -0.15) is 5.26 Å². The van der Waals surface area contributed by atoms with E-state index in [1.54, 1.807) is 48.5 Å². The van der Waals surface area contributed by atoms with Crippen molar-refractivity contribution in [2.75, 3.05) is 5.32 Å². The van der Waals surface area contributed by atoms with Crippen LogP contribution in [0.15, 0.2) is 77.7 Å². The predicted octanol–water partition coefficient (Wildman–Crippen LogP) is 4.92. The first-order valence-electron chi connectivity index (χ1n) is 8.89. The normalized spacial score (nSPS) is 22.2. The van der Waals surface area contributed by atoms with Gasteiger partial charge in [0.1, 0.15) is 5.82 Å². The number of rotatable bonds is 3. The summed E-state index contributed by atoms with van der Waals surface area (Å²) in [4.78, 5) is 0.0585. The largest absolute Gasteiger partial charge is 0.374 e. The number of nitriles is 1. The highest BCUT2D eigenvalue weighted by Crippen LogP contribution is 2.47. The highest BCUT2D eigenvalue weighted by Gasteiger charge is 2.56. The van der Waals surface area contributed by atoms with Gasteiger partial charge in [-0.1, -0.05) is 48.0 Å². The Morgan fingerprint density at radius 3 is 2.48 bits per heavy atom. The second-order valence-electron chi connectivity index (χ2n) is 6.94. The van der Waals surface area contributed by atoms with Gasteiger partial charge >= 0.3 is 0 Å². The van der Waals surface area contributed by atoms with E-state index >= 15 is 0 Å². The number of nitrogens with zero attached hydrogens (tertiary/aromatic N) is 1. The van der Waals surface area contributed by atoms with E-state index in [9.17, 15) is 18.1 Å². The predicted molar refractivity (Wildman–Crippen MR) is 110 cm³/mol. The van der Waals surface area contributed by atoms with Crippen LogP contribution < -0.4 is 5.32 Å². The SMILES string of the molecule is N#CC1(Cc2cccc(F)c2)C(c2ccc(Cl)cc2)Nc2ccccc2S1(=O)=O. The van der Waals surface area contributed by atoms with Crippen molar-refractivity contribution in [1.82, 2.24) is 0 Å². The van der Waals surface area contributed by atoms with Crippen LogP contribution in [-0.4, -0.2) is 13.2 Å². The minimum atomic E-state index is -4.09. The molecule has 1 aliphatic heterocycles. The molecule has 0 aliphatic carbocycles.